The van der Waals surface area contributed by atoms with Crippen LogP contribution in [0, 0.1) is 0 Å². The van der Waals surface area contributed by atoms with Crippen molar-refractivity contribution in [3.63, 3.8) is 0 Å². The topological polar surface area (TPSA) is 52.2 Å². The van der Waals surface area contributed by atoms with E-state index in [4.69, 9.17) is 18.0 Å². The molecule has 0 spiro atoms. The smallest absolute Gasteiger partial charge is 0.379 e. The third kappa shape index (κ3) is 5.59. The molecule has 0 aromatic carbocycles. The van der Waals surface area contributed by atoms with Gasteiger partial charge in [-0.2, -0.15) is 0 Å². The molecule has 6 nitrogen and oxygen atoms in total. The highest BCUT2D eigenvalue weighted by atomic mass is 28.4. The van der Waals surface area contributed by atoms with Gasteiger partial charge in [-0.25, -0.2) is 0 Å². The van der Waals surface area contributed by atoms with Gasteiger partial charge in [0.2, 0.25) is 0 Å². The van der Waals surface area contributed by atoms with Gasteiger partial charge in [0.1, 0.15) is 0 Å². The van der Waals surface area contributed by atoms with Crippen LogP contribution in [0.2, 0.25) is 6.04 Å². The van der Waals surface area contributed by atoms with Crippen LogP contribution in [0.5, 0.6) is 0 Å². The predicted octanol–water partition coefficient (Wildman–Crippen LogP) is 0.709. The van der Waals surface area contributed by atoms with Gasteiger partial charge in [0.15, 0.2) is 0 Å². The molecule has 1 unspecified atom stereocenters. The maximum absolute atomic E-state index is 6.37. The second-order valence-electron chi connectivity index (χ2n) is 5.52. The van der Waals surface area contributed by atoms with Crippen molar-refractivity contribution in [3.05, 3.63) is 0 Å². The zero-order valence-corrected chi connectivity index (χ0v) is 14.4. The van der Waals surface area contributed by atoms with E-state index >= 15 is 0 Å². The van der Waals surface area contributed by atoms with Gasteiger partial charge < -0.3 is 23.3 Å². The maximum Gasteiger partial charge on any atom is 0.501 e. The molecule has 0 radical (unpaired) electrons. The third-order valence-electron chi connectivity index (χ3n) is 3.82. The molecule has 1 N–H and O–H groups in total. The van der Waals surface area contributed by atoms with Crippen molar-refractivity contribution in [1.82, 2.24) is 10.2 Å². The van der Waals surface area contributed by atoms with Gasteiger partial charge >= 0.3 is 8.80 Å². The second-order valence-corrected chi connectivity index (χ2v) is 8.20. The van der Waals surface area contributed by atoms with Crippen LogP contribution in [-0.4, -0.2) is 79.0 Å². The zero-order chi connectivity index (χ0) is 15.0. The number of nitrogens with one attached hydrogen (secondary N) is 1. The standard InChI is InChI=1S/C14H30N2O4Si/c1-3-18-21(19-4-2)11-5-10-17-13-14(20-21)12-16-8-6-15-7-9-16/h14-15H,3-13H2,1-2H3. The Labute approximate surface area is 129 Å². The van der Waals surface area contributed by atoms with Gasteiger partial charge in [-0.15, -0.1) is 0 Å². The molecule has 0 amide bonds. The summed E-state index contributed by atoms with van der Waals surface area (Å²) in [5.41, 5.74) is 0. The van der Waals surface area contributed by atoms with Gasteiger partial charge in [0, 0.05) is 58.6 Å². The highest BCUT2D eigenvalue weighted by molar-refractivity contribution is 6.60. The summed E-state index contributed by atoms with van der Waals surface area (Å²) >= 11 is 0. The van der Waals surface area contributed by atoms with E-state index < -0.39 is 8.80 Å². The van der Waals surface area contributed by atoms with E-state index in [1.165, 1.54) is 0 Å². The van der Waals surface area contributed by atoms with Gasteiger partial charge in [0.05, 0.1) is 12.7 Å². The minimum atomic E-state index is -2.54. The SMILES string of the molecule is CCO[Si]1(OCC)CCCOCC(CN2CCNCC2)O1. The average molecular weight is 318 g/mol. The lowest BCUT2D eigenvalue weighted by atomic mass is 10.3. The number of hydrogen-bond donors (Lipinski definition) is 1. The molecule has 0 aliphatic carbocycles. The van der Waals surface area contributed by atoms with E-state index in [0.717, 1.165) is 51.8 Å². The Morgan fingerprint density at radius 2 is 1.90 bits per heavy atom. The molecule has 1 atom stereocenters. The Bertz CT molecular complexity index is 284. The van der Waals surface area contributed by atoms with Crippen LogP contribution >= 0.6 is 0 Å². The lowest BCUT2D eigenvalue weighted by Crippen LogP contribution is -2.54. The van der Waals surface area contributed by atoms with Gasteiger partial charge in [-0.05, 0) is 20.3 Å². The zero-order valence-electron chi connectivity index (χ0n) is 13.4. The van der Waals surface area contributed by atoms with Crippen LogP contribution in [0.3, 0.4) is 0 Å². The molecule has 7 heteroatoms. The Hall–Kier alpha value is -0.0231. The summed E-state index contributed by atoms with van der Waals surface area (Å²) in [5, 5.41) is 3.38. The largest absolute Gasteiger partial charge is 0.501 e. The molecular weight excluding hydrogens is 288 g/mol. The molecule has 21 heavy (non-hydrogen) atoms. The number of ether oxygens (including phenoxy) is 1. The fourth-order valence-electron chi connectivity index (χ4n) is 2.92. The molecule has 0 bridgehead atoms. The van der Waals surface area contributed by atoms with E-state index in [1.807, 2.05) is 13.8 Å². The molecule has 0 aromatic heterocycles. The fourth-order valence-corrected chi connectivity index (χ4v) is 5.65. The van der Waals surface area contributed by atoms with Crippen molar-refractivity contribution in [1.29, 1.82) is 0 Å². The molecule has 2 aliphatic rings. The summed E-state index contributed by atoms with van der Waals surface area (Å²) in [7, 11) is -2.54. The highest BCUT2D eigenvalue weighted by Crippen LogP contribution is 2.23. The van der Waals surface area contributed by atoms with Crippen molar-refractivity contribution in [2.75, 3.05) is 59.2 Å². The summed E-state index contributed by atoms with van der Waals surface area (Å²) in [6.07, 6.45) is 1.00. The van der Waals surface area contributed by atoms with Crippen LogP contribution in [0.1, 0.15) is 20.3 Å². The normalized spacial score (nSPS) is 28.0. The van der Waals surface area contributed by atoms with Crippen LogP contribution in [0.4, 0.5) is 0 Å². The molecule has 0 saturated carbocycles. The molecule has 2 heterocycles. The molecule has 124 valence electrons. The lowest BCUT2D eigenvalue weighted by Gasteiger charge is -2.37. The van der Waals surface area contributed by atoms with E-state index in [2.05, 4.69) is 10.2 Å². The minimum Gasteiger partial charge on any atom is -0.379 e. The Kier molecular flexibility index (Phi) is 7.59. The van der Waals surface area contributed by atoms with Crippen LogP contribution in [-0.2, 0) is 18.0 Å². The molecule has 2 saturated heterocycles. The van der Waals surface area contributed by atoms with Crippen LogP contribution < -0.4 is 5.32 Å². The fraction of sp³-hybridized carbons (Fsp3) is 1.00. The number of rotatable bonds is 6. The number of piperazine rings is 1. The highest BCUT2D eigenvalue weighted by Gasteiger charge is 2.43. The van der Waals surface area contributed by atoms with Gasteiger partial charge in [0.25, 0.3) is 0 Å². The van der Waals surface area contributed by atoms with E-state index in [1.54, 1.807) is 0 Å². The Balaban J connectivity index is 1.96. The third-order valence-corrected chi connectivity index (χ3v) is 6.94. The average Bonchev–Trinajstić information content (AvgIpc) is 2.46. The van der Waals surface area contributed by atoms with Crippen LogP contribution in [0.15, 0.2) is 0 Å². The quantitative estimate of drug-likeness (QED) is 0.728. The molecule has 2 aliphatic heterocycles. The van der Waals surface area contributed by atoms with Crippen LogP contribution in [0.25, 0.3) is 0 Å². The first-order valence-electron chi connectivity index (χ1n) is 8.24. The first kappa shape index (κ1) is 17.3. The van der Waals surface area contributed by atoms with Crippen molar-refractivity contribution in [2.24, 2.45) is 0 Å². The second kappa shape index (κ2) is 9.19. The summed E-state index contributed by atoms with van der Waals surface area (Å²) in [6.45, 7) is 11.9. The van der Waals surface area contributed by atoms with Crippen molar-refractivity contribution >= 4 is 8.80 Å². The Morgan fingerprint density at radius 3 is 2.57 bits per heavy atom. The molecule has 2 fully saturated rings. The van der Waals surface area contributed by atoms with Gasteiger partial charge in [-0.1, -0.05) is 0 Å². The monoisotopic (exact) mass is 318 g/mol. The van der Waals surface area contributed by atoms with Crippen molar-refractivity contribution < 1.29 is 18.0 Å². The molecule has 0 aromatic rings. The van der Waals surface area contributed by atoms with E-state index in [9.17, 15) is 0 Å². The first-order valence-corrected chi connectivity index (χ1v) is 10.2. The van der Waals surface area contributed by atoms with Crippen molar-refractivity contribution in [3.8, 4) is 0 Å². The number of hydrogen-bond acceptors (Lipinski definition) is 6. The Morgan fingerprint density at radius 1 is 1.19 bits per heavy atom. The van der Waals surface area contributed by atoms with Crippen molar-refractivity contribution in [2.45, 2.75) is 32.4 Å². The van der Waals surface area contributed by atoms with E-state index in [0.29, 0.717) is 19.8 Å². The molecular formula is C14H30N2O4Si. The molecule has 2 rings (SSSR count). The number of nitrogens with zero attached hydrogens (tertiary/aromatic N) is 1. The summed E-state index contributed by atoms with van der Waals surface area (Å²) in [5.74, 6) is 0. The maximum atomic E-state index is 6.37. The lowest BCUT2D eigenvalue weighted by molar-refractivity contribution is -0.0372. The van der Waals surface area contributed by atoms with E-state index in [-0.39, 0.29) is 6.10 Å². The predicted molar refractivity (Wildman–Crippen MR) is 83.4 cm³/mol. The summed E-state index contributed by atoms with van der Waals surface area (Å²) < 4.78 is 24.0. The summed E-state index contributed by atoms with van der Waals surface area (Å²) in [4.78, 5) is 2.43. The minimum absolute atomic E-state index is 0.0492. The first-order chi connectivity index (χ1) is 10.3. The summed E-state index contributed by atoms with van der Waals surface area (Å²) in [6, 6.07) is 0.854. The van der Waals surface area contributed by atoms with Gasteiger partial charge in [-0.3, -0.25) is 4.90 Å².